The number of benzene rings is 3. The van der Waals surface area contributed by atoms with Crippen molar-refractivity contribution in [3.8, 4) is 45.8 Å². The second-order valence-electron chi connectivity index (χ2n) is 7.14. The van der Waals surface area contributed by atoms with Crippen LogP contribution in [0.4, 0.5) is 0 Å². The van der Waals surface area contributed by atoms with Crippen molar-refractivity contribution in [2.45, 2.75) is 13.5 Å². The van der Waals surface area contributed by atoms with Gasteiger partial charge in [-0.2, -0.15) is 4.98 Å². The number of nitrogens with zero attached hydrogens (tertiary/aromatic N) is 2. The first-order valence-electron chi connectivity index (χ1n) is 10.0. The summed E-state index contributed by atoms with van der Waals surface area (Å²) in [5, 5.41) is 4.11. The Kier molecular flexibility index (Phi) is 6.26. The van der Waals surface area contributed by atoms with Crippen LogP contribution in [0.3, 0.4) is 0 Å². The van der Waals surface area contributed by atoms with Crippen LogP contribution in [0.15, 0.2) is 65.2 Å². The lowest BCUT2D eigenvalue weighted by Crippen LogP contribution is -1.98. The third-order valence-electron chi connectivity index (χ3n) is 4.96. The first kappa shape index (κ1) is 21.2. The van der Waals surface area contributed by atoms with Crippen molar-refractivity contribution in [1.82, 2.24) is 10.1 Å². The molecule has 0 atom stereocenters. The molecule has 0 unspecified atom stereocenters. The Bertz CT molecular complexity index is 1220. The predicted molar refractivity (Wildman–Crippen MR) is 120 cm³/mol. The molecule has 3 aromatic carbocycles. The second kappa shape index (κ2) is 9.43. The molecule has 164 valence electrons. The summed E-state index contributed by atoms with van der Waals surface area (Å²) in [6.45, 7) is 2.50. The van der Waals surface area contributed by atoms with Gasteiger partial charge in [-0.05, 0) is 48.9 Å². The SMILES string of the molecule is COc1ccc(-c2nc(-c3ccc(OCc4cccc(C)c4)c(OC)c3)no2)cc1OC. The summed E-state index contributed by atoms with van der Waals surface area (Å²) in [5.74, 6) is 3.26. The molecule has 4 rings (SSSR count). The maximum absolute atomic E-state index is 5.97. The first-order chi connectivity index (χ1) is 15.6. The molecular formula is C25H24N2O5. The normalized spacial score (nSPS) is 10.6. The lowest BCUT2D eigenvalue weighted by Gasteiger charge is -2.11. The van der Waals surface area contributed by atoms with Gasteiger partial charge in [-0.15, -0.1) is 0 Å². The summed E-state index contributed by atoms with van der Waals surface area (Å²) >= 11 is 0. The van der Waals surface area contributed by atoms with Crippen LogP contribution < -0.4 is 18.9 Å². The molecule has 0 bridgehead atoms. The summed E-state index contributed by atoms with van der Waals surface area (Å²) in [7, 11) is 4.77. The average molecular weight is 432 g/mol. The Morgan fingerprint density at radius 3 is 2.19 bits per heavy atom. The molecular weight excluding hydrogens is 408 g/mol. The summed E-state index contributed by atoms with van der Waals surface area (Å²) in [6.07, 6.45) is 0. The molecule has 0 aliphatic rings. The number of methoxy groups -OCH3 is 3. The molecule has 4 aromatic rings. The largest absolute Gasteiger partial charge is 0.493 e. The monoisotopic (exact) mass is 432 g/mol. The fourth-order valence-electron chi connectivity index (χ4n) is 3.32. The van der Waals surface area contributed by atoms with E-state index in [9.17, 15) is 0 Å². The van der Waals surface area contributed by atoms with Crippen LogP contribution in [0.2, 0.25) is 0 Å². The van der Waals surface area contributed by atoms with Gasteiger partial charge in [-0.25, -0.2) is 0 Å². The number of ether oxygens (including phenoxy) is 4. The molecule has 32 heavy (non-hydrogen) atoms. The van der Waals surface area contributed by atoms with Gasteiger partial charge in [0.15, 0.2) is 23.0 Å². The van der Waals surface area contributed by atoms with E-state index in [0.717, 1.165) is 16.7 Å². The number of hydrogen-bond donors (Lipinski definition) is 0. The van der Waals surface area contributed by atoms with Crippen LogP contribution in [0.1, 0.15) is 11.1 Å². The average Bonchev–Trinajstić information content (AvgIpc) is 3.32. The fraction of sp³-hybridized carbons (Fsp3) is 0.200. The highest BCUT2D eigenvalue weighted by Crippen LogP contribution is 2.35. The zero-order chi connectivity index (χ0) is 22.5. The van der Waals surface area contributed by atoms with Crippen LogP contribution in [-0.2, 0) is 6.61 Å². The third-order valence-corrected chi connectivity index (χ3v) is 4.96. The van der Waals surface area contributed by atoms with Crippen LogP contribution in [0.5, 0.6) is 23.0 Å². The first-order valence-corrected chi connectivity index (χ1v) is 10.0. The second-order valence-corrected chi connectivity index (χ2v) is 7.14. The van der Waals surface area contributed by atoms with Gasteiger partial charge in [0, 0.05) is 11.1 Å². The van der Waals surface area contributed by atoms with Crippen molar-refractivity contribution in [1.29, 1.82) is 0 Å². The molecule has 0 saturated heterocycles. The Labute approximate surface area is 186 Å². The minimum atomic E-state index is 0.375. The smallest absolute Gasteiger partial charge is 0.258 e. The minimum Gasteiger partial charge on any atom is -0.493 e. The van der Waals surface area contributed by atoms with E-state index in [0.29, 0.717) is 41.3 Å². The van der Waals surface area contributed by atoms with E-state index in [1.54, 1.807) is 33.5 Å². The molecule has 0 radical (unpaired) electrons. The quantitative estimate of drug-likeness (QED) is 0.373. The number of rotatable bonds is 8. The van der Waals surface area contributed by atoms with Gasteiger partial charge in [-0.1, -0.05) is 35.0 Å². The molecule has 7 heteroatoms. The Hall–Kier alpha value is -4.00. The zero-order valence-electron chi connectivity index (χ0n) is 18.4. The maximum Gasteiger partial charge on any atom is 0.258 e. The molecule has 1 heterocycles. The van der Waals surface area contributed by atoms with E-state index in [-0.39, 0.29) is 0 Å². The Morgan fingerprint density at radius 1 is 0.750 bits per heavy atom. The van der Waals surface area contributed by atoms with Gasteiger partial charge in [0.2, 0.25) is 5.82 Å². The molecule has 0 amide bonds. The summed E-state index contributed by atoms with van der Waals surface area (Å²) in [5.41, 5.74) is 3.76. The topological polar surface area (TPSA) is 75.8 Å². The van der Waals surface area contributed by atoms with Crippen molar-refractivity contribution < 1.29 is 23.5 Å². The number of aromatic nitrogens is 2. The van der Waals surface area contributed by atoms with E-state index in [1.807, 2.05) is 36.4 Å². The molecule has 1 aromatic heterocycles. The number of hydrogen-bond acceptors (Lipinski definition) is 7. The van der Waals surface area contributed by atoms with Gasteiger partial charge in [0.05, 0.1) is 21.3 Å². The standard InChI is InChI=1S/C25H24N2O5/c1-16-6-5-7-17(12-16)15-31-21-11-8-18(13-23(21)30-4)24-26-25(32-27-24)19-9-10-20(28-2)22(14-19)29-3/h5-14H,15H2,1-4H3. The molecule has 0 aliphatic carbocycles. The van der Waals surface area contributed by atoms with E-state index in [1.165, 1.54) is 5.56 Å². The highest BCUT2D eigenvalue weighted by atomic mass is 16.5. The van der Waals surface area contributed by atoms with Crippen molar-refractivity contribution in [2.75, 3.05) is 21.3 Å². The summed E-state index contributed by atoms with van der Waals surface area (Å²) < 4.78 is 27.6. The fourth-order valence-corrected chi connectivity index (χ4v) is 3.32. The van der Waals surface area contributed by atoms with Crippen molar-refractivity contribution in [3.63, 3.8) is 0 Å². The van der Waals surface area contributed by atoms with E-state index in [2.05, 4.69) is 29.2 Å². The van der Waals surface area contributed by atoms with E-state index in [4.69, 9.17) is 23.5 Å². The van der Waals surface area contributed by atoms with Gasteiger partial charge in [-0.3, -0.25) is 0 Å². The van der Waals surface area contributed by atoms with E-state index >= 15 is 0 Å². The molecule has 7 nitrogen and oxygen atoms in total. The van der Waals surface area contributed by atoms with Crippen molar-refractivity contribution in [3.05, 3.63) is 71.8 Å². The molecule has 0 fully saturated rings. The molecule has 0 aliphatic heterocycles. The Morgan fingerprint density at radius 2 is 1.44 bits per heavy atom. The van der Waals surface area contributed by atoms with Crippen LogP contribution in [0, 0.1) is 6.92 Å². The number of aryl methyl sites for hydroxylation is 1. The summed E-state index contributed by atoms with van der Waals surface area (Å²) in [6, 6.07) is 19.2. The van der Waals surface area contributed by atoms with Crippen LogP contribution >= 0.6 is 0 Å². The zero-order valence-corrected chi connectivity index (χ0v) is 18.4. The molecule has 0 saturated carbocycles. The third kappa shape index (κ3) is 4.51. The van der Waals surface area contributed by atoms with Crippen molar-refractivity contribution in [2.24, 2.45) is 0 Å². The van der Waals surface area contributed by atoms with Crippen LogP contribution in [0.25, 0.3) is 22.8 Å². The van der Waals surface area contributed by atoms with Crippen LogP contribution in [-0.4, -0.2) is 31.5 Å². The predicted octanol–water partition coefficient (Wildman–Crippen LogP) is 5.32. The Balaban J connectivity index is 1.55. The molecule has 0 N–H and O–H groups in total. The molecule has 0 spiro atoms. The highest BCUT2D eigenvalue weighted by molar-refractivity contribution is 5.65. The maximum atomic E-state index is 5.97. The van der Waals surface area contributed by atoms with Gasteiger partial charge in [0.25, 0.3) is 5.89 Å². The van der Waals surface area contributed by atoms with Crippen molar-refractivity contribution >= 4 is 0 Å². The van der Waals surface area contributed by atoms with E-state index < -0.39 is 0 Å². The van der Waals surface area contributed by atoms with Gasteiger partial charge < -0.3 is 23.5 Å². The lowest BCUT2D eigenvalue weighted by atomic mass is 10.1. The highest BCUT2D eigenvalue weighted by Gasteiger charge is 2.15. The lowest BCUT2D eigenvalue weighted by molar-refractivity contribution is 0.284. The van der Waals surface area contributed by atoms with Gasteiger partial charge >= 0.3 is 0 Å². The minimum absolute atomic E-state index is 0.375. The summed E-state index contributed by atoms with van der Waals surface area (Å²) in [4.78, 5) is 4.52. The van der Waals surface area contributed by atoms with Gasteiger partial charge in [0.1, 0.15) is 6.61 Å².